The van der Waals surface area contributed by atoms with Crippen molar-refractivity contribution in [1.82, 2.24) is 9.62 Å². The SMILES string of the molecule is CN(C(=O)c1cccc(S(=O)(=O)NCc2cccs2)c1)C(C)(C)C(=O)O. The van der Waals surface area contributed by atoms with E-state index in [1.165, 1.54) is 56.5 Å². The number of carboxylic acid groups (broad SMARTS) is 1. The average Bonchev–Trinajstić information content (AvgIpc) is 3.12. The molecule has 1 amide bonds. The molecule has 2 rings (SSSR count). The van der Waals surface area contributed by atoms with Gasteiger partial charge in [0, 0.05) is 24.0 Å². The molecule has 2 aromatic rings. The van der Waals surface area contributed by atoms with Crippen molar-refractivity contribution in [3.63, 3.8) is 0 Å². The van der Waals surface area contributed by atoms with Crippen LogP contribution in [0.5, 0.6) is 0 Å². The van der Waals surface area contributed by atoms with Crippen LogP contribution in [0.2, 0.25) is 0 Å². The first kappa shape index (κ1) is 20.1. The van der Waals surface area contributed by atoms with Crippen molar-refractivity contribution >= 4 is 33.2 Å². The number of rotatable bonds is 7. The van der Waals surface area contributed by atoms with Crippen molar-refractivity contribution in [3.8, 4) is 0 Å². The normalized spacial score (nSPS) is 12.0. The number of carbonyl (C=O) groups excluding carboxylic acids is 1. The highest BCUT2D eigenvalue weighted by Gasteiger charge is 2.35. The number of nitrogens with zero attached hydrogens (tertiary/aromatic N) is 1. The third-order valence-corrected chi connectivity index (χ3v) is 6.35. The third kappa shape index (κ3) is 4.29. The van der Waals surface area contributed by atoms with Crippen LogP contribution < -0.4 is 4.72 Å². The van der Waals surface area contributed by atoms with Crippen LogP contribution in [0.4, 0.5) is 0 Å². The number of thiophene rings is 1. The lowest BCUT2D eigenvalue weighted by Gasteiger charge is -2.31. The number of carbonyl (C=O) groups is 2. The quantitative estimate of drug-likeness (QED) is 0.746. The lowest BCUT2D eigenvalue weighted by molar-refractivity contribution is -0.147. The molecule has 1 heterocycles. The first-order valence-corrected chi connectivity index (χ1v) is 10.1. The van der Waals surface area contributed by atoms with Crippen LogP contribution in [0.3, 0.4) is 0 Å². The average molecular weight is 396 g/mol. The molecule has 0 unspecified atom stereocenters. The second-order valence-electron chi connectivity index (χ2n) is 6.16. The largest absolute Gasteiger partial charge is 0.480 e. The molecule has 0 aliphatic heterocycles. The highest BCUT2D eigenvalue weighted by molar-refractivity contribution is 7.89. The minimum Gasteiger partial charge on any atom is -0.480 e. The van der Waals surface area contributed by atoms with Gasteiger partial charge >= 0.3 is 5.97 Å². The maximum absolute atomic E-state index is 12.6. The predicted molar refractivity (Wildman–Crippen MR) is 98.6 cm³/mol. The number of hydrogen-bond donors (Lipinski definition) is 2. The summed E-state index contributed by atoms with van der Waals surface area (Å²) < 4.78 is 27.4. The van der Waals surface area contributed by atoms with Gasteiger partial charge in [0.1, 0.15) is 5.54 Å². The summed E-state index contributed by atoms with van der Waals surface area (Å²) in [5.74, 6) is -1.73. The Labute approximate surface area is 156 Å². The summed E-state index contributed by atoms with van der Waals surface area (Å²) in [5.41, 5.74) is -1.33. The van der Waals surface area contributed by atoms with E-state index < -0.39 is 27.4 Å². The van der Waals surface area contributed by atoms with Crippen molar-refractivity contribution < 1.29 is 23.1 Å². The van der Waals surface area contributed by atoms with Crippen LogP contribution in [0.15, 0.2) is 46.7 Å². The third-order valence-electron chi connectivity index (χ3n) is 4.07. The molecule has 26 heavy (non-hydrogen) atoms. The Bertz CT molecular complexity index is 905. The zero-order valence-corrected chi connectivity index (χ0v) is 16.2. The Kier molecular flexibility index (Phi) is 5.84. The number of nitrogens with one attached hydrogen (secondary N) is 1. The van der Waals surface area contributed by atoms with Gasteiger partial charge < -0.3 is 10.0 Å². The van der Waals surface area contributed by atoms with Gasteiger partial charge in [-0.15, -0.1) is 11.3 Å². The number of likely N-dealkylation sites (N-methyl/N-ethyl adjacent to an activating group) is 1. The molecule has 1 aromatic carbocycles. The summed E-state index contributed by atoms with van der Waals surface area (Å²) in [5, 5.41) is 11.1. The Morgan fingerprint density at radius 2 is 1.92 bits per heavy atom. The summed E-state index contributed by atoms with van der Waals surface area (Å²) >= 11 is 1.43. The monoisotopic (exact) mass is 396 g/mol. The fraction of sp³-hybridized carbons (Fsp3) is 0.294. The van der Waals surface area contributed by atoms with Crippen molar-refractivity contribution in [1.29, 1.82) is 0 Å². The molecule has 0 saturated carbocycles. The summed E-state index contributed by atoms with van der Waals surface area (Å²) in [6.07, 6.45) is 0. The fourth-order valence-corrected chi connectivity index (χ4v) is 3.84. The minimum absolute atomic E-state index is 0.0542. The smallest absolute Gasteiger partial charge is 0.329 e. The Hall–Kier alpha value is -2.23. The lowest BCUT2D eigenvalue weighted by Crippen LogP contribution is -2.50. The molecule has 2 N–H and O–H groups in total. The van der Waals surface area contributed by atoms with Crippen LogP contribution in [-0.4, -0.2) is 42.9 Å². The lowest BCUT2D eigenvalue weighted by atomic mass is 10.0. The first-order valence-electron chi connectivity index (χ1n) is 7.69. The van der Waals surface area contributed by atoms with Gasteiger partial charge in [-0.2, -0.15) is 0 Å². The predicted octanol–water partition coefficient (Wildman–Crippen LogP) is 2.16. The minimum atomic E-state index is -3.80. The maximum Gasteiger partial charge on any atom is 0.329 e. The standard InChI is InChI=1S/C17H20N2O5S2/c1-17(2,16(21)22)19(3)15(20)12-6-4-8-14(10-12)26(23,24)18-11-13-7-5-9-25-13/h4-10,18H,11H2,1-3H3,(H,21,22). The fourth-order valence-electron chi connectivity index (χ4n) is 2.05. The summed E-state index contributed by atoms with van der Waals surface area (Å²) in [4.78, 5) is 25.8. The van der Waals surface area contributed by atoms with Crippen molar-refractivity contribution in [2.45, 2.75) is 30.8 Å². The van der Waals surface area contributed by atoms with Crippen molar-refractivity contribution in [2.75, 3.05) is 7.05 Å². The molecule has 0 spiro atoms. The van der Waals surface area contributed by atoms with E-state index in [0.29, 0.717) is 0 Å². The molecule has 0 saturated heterocycles. The summed E-state index contributed by atoms with van der Waals surface area (Å²) in [6.45, 7) is 2.96. The van der Waals surface area contributed by atoms with E-state index in [4.69, 9.17) is 0 Å². The van der Waals surface area contributed by atoms with E-state index in [1.54, 1.807) is 0 Å². The Morgan fingerprint density at radius 3 is 2.50 bits per heavy atom. The second-order valence-corrected chi connectivity index (χ2v) is 8.96. The van der Waals surface area contributed by atoms with E-state index in [2.05, 4.69) is 4.72 Å². The Morgan fingerprint density at radius 1 is 1.23 bits per heavy atom. The topological polar surface area (TPSA) is 104 Å². The Balaban J connectivity index is 2.24. The molecule has 140 valence electrons. The number of carboxylic acids is 1. The van der Waals surface area contributed by atoms with E-state index in [1.807, 2.05) is 17.5 Å². The van der Waals surface area contributed by atoms with Gasteiger partial charge in [-0.25, -0.2) is 17.9 Å². The number of hydrogen-bond acceptors (Lipinski definition) is 5. The van der Waals surface area contributed by atoms with E-state index >= 15 is 0 Å². The van der Waals surface area contributed by atoms with Gasteiger partial charge in [0.2, 0.25) is 10.0 Å². The summed E-state index contributed by atoms with van der Waals surface area (Å²) in [6, 6.07) is 9.18. The second kappa shape index (κ2) is 7.56. The zero-order chi connectivity index (χ0) is 19.5. The molecule has 1 aromatic heterocycles. The van der Waals surface area contributed by atoms with E-state index in [-0.39, 0.29) is 17.0 Å². The van der Waals surface area contributed by atoms with Crippen molar-refractivity contribution in [2.24, 2.45) is 0 Å². The van der Waals surface area contributed by atoms with Crippen LogP contribution >= 0.6 is 11.3 Å². The molecule has 7 nitrogen and oxygen atoms in total. The van der Waals surface area contributed by atoms with Gasteiger partial charge in [-0.05, 0) is 43.5 Å². The molecule has 0 bridgehead atoms. The number of benzene rings is 1. The molecule has 0 aliphatic carbocycles. The number of sulfonamides is 1. The first-order chi connectivity index (χ1) is 12.1. The van der Waals surface area contributed by atoms with Crippen LogP contribution in [0.25, 0.3) is 0 Å². The van der Waals surface area contributed by atoms with Crippen LogP contribution in [-0.2, 0) is 21.4 Å². The zero-order valence-electron chi connectivity index (χ0n) is 14.6. The molecule has 0 aliphatic rings. The van der Waals surface area contributed by atoms with Gasteiger partial charge in [0.15, 0.2) is 0 Å². The molecule has 0 atom stereocenters. The molecule has 0 fully saturated rings. The van der Waals surface area contributed by atoms with Crippen LogP contribution in [0, 0.1) is 0 Å². The van der Waals surface area contributed by atoms with Gasteiger partial charge in [0.25, 0.3) is 5.91 Å². The van der Waals surface area contributed by atoms with Crippen LogP contribution in [0.1, 0.15) is 29.1 Å². The maximum atomic E-state index is 12.6. The molecular weight excluding hydrogens is 376 g/mol. The highest BCUT2D eigenvalue weighted by atomic mass is 32.2. The van der Waals surface area contributed by atoms with Gasteiger partial charge in [-0.1, -0.05) is 12.1 Å². The number of amides is 1. The molecule has 9 heteroatoms. The van der Waals surface area contributed by atoms with E-state index in [0.717, 1.165) is 9.78 Å². The van der Waals surface area contributed by atoms with Crippen molar-refractivity contribution in [3.05, 3.63) is 52.2 Å². The molecular formula is C17H20N2O5S2. The summed E-state index contributed by atoms with van der Waals surface area (Å²) in [7, 11) is -2.43. The number of aliphatic carboxylic acids is 1. The highest BCUT2D eigenvalue weighted by Crippen LogP contribution is 2.19. The van der Waals surface area contributed by atoms with E-state index in [9.17, 15) is 23.1 Å². The van der Waals surface area contributed by atoms with Gasteiger partial charge in [0.05, 0.1) is 4.90 Å². The molecule has 0 radical (unpaired) electrons. The van der Waals surface area contributed by atoms with Gasteiger partial charge in [-0.3, -0.25) is 4.79 Å².